The van der Waals surface area contributed by atoms with Crippen molar-refractivity contribution >= 4 is 17.5 Å². The predicted octanol–water partition coefficient (Wildman–Crippen LogP) is 3.81. The van der Waals surface area contributed by atoms with Gasteiger partial charge < -0.3 is 4.74 Å². The number of rotatable bonds is 5. The van der Waals surface area contributed by atoms with Crippen LogP contribution in [0.3, 0.4) is 0 Å². The Morgan fingerprint density at radius 1 is 1.00 bits per heavy atom. The summed E-state index contributed by atoms with van der Waals surface area (Å²) < 4.78 is 20.6. The number of hydrogen-bond acceptors (Lipinski definition) is 6. The summed E-state index contributed by atoms with van der Waals surface area (Å²) in [6.45, 7) is 0.612. The van der Waals surface area contributed by atoms with Crippen LogP contribution in [0, 0.1) is 5.82 Å². The van der Waals surface area contributed by atoms with Gasteiger partial charge in [-0.15, -0.1) is 0 Å². The molecule has 0 aliphatic carbocycles. The van der Waals surface area contributed by atoms with E-state index in [9.17, 15) is 14.0 Å². The summed E-state index contributed by atoms with van der Waals surface area (Å²) in [6, 6.07) is 18.0. The number of carbonyl (C=O) groups excluding carboxylic acids is 2. The van der Waals surface area contributed by atoms with E-state index in [-0.39, 0.29) is 12.4 Å². The first-order valence-corrected chi connectivity index (χ1v) is 10.6. The molecule has 0 unspecified atom stereocenters. The summed E-state index contributed by atoms with van der Waals surface area (Å²) in [4.78, 5) is 29.9. The summed E-state index contributed by atoms with van der Waals surface area (Å²) in [5, 5.41) is 6.02. The average molecular weight is 457 g/mol. The number of fused-ring (bicyclic) bond motifs is 1. The Hall–Kier alpha value is -4.53. The highest BCUT2D eigenvalue weighted by Crippen LogP contribution is 2.39. The van der Waals surface area contributed by atoms with Crippen molar-refractivity contribution in [2.45, 2.75) is 6.54 Å². The zero-order chi connectivity index (χ0) is 23.7. The number of benzene rings is 2. The van der Waals surface area contributed by atoms with Gasteiger partial charge in [0, 0.05) is 23.4 Å². The van der Waals surface area contributed by atoms with Gasteiger partial charge in [-0.3, -0.25) is 15.0 Å². The smallest absolute Gasteiger partial charge is 0.313 e. The number of pyridine rings is 1. The molecule has 0 saturated heterocycles. The summed E-state index contributed by atoms with van der Waals surface area (Å²) in [5.74, 6) is -0.681. The number of ketones is 1. The third-order valence-corrected chi connectivity index (χ3v) is 5.55. The Kier molecular flexibility index (Phi) is 5.51. The Labute approximate surface area is 194 Å². The van der Waals surface area contributed by atoms with Gasteiger partial charge in [0.15, 0.2) is 5.82 Å². The summed E-state index contributed by atoms with van der Waals surface area (Å²) >= 11 is 0. The number of methoxy groups -OCH3 is 1. The lowest BCUT2D eigenvalue weighted by Crippen LogP contribution is -2.46. The fourth-order valence-electron chi connectivity index (χ4n) is 3.86. The fourth-order valence-corrected chi connectivity index (χ4v) is 3.86. The standard InChI is InChI=1S/C25H20FN5O3/c1-34-20-15-18(11-12-27-20)21-22(16-7-9-19(26)10-8-16)28-30-13-14-31(29-24(21)30)25(33)23(32)17-5-3-2-4-6-17/h2-12,15,29H,13-14H2,1H3. The van der Waals surface area contributed by atoms with Gasteiger partial charge in [0.05, 0.1) is 25.8 Å². The number of ether oxygens (including phenoxy) is 1. The molecular formula is C25H20FN5O3. The van der Waals surface area contributed by atoms with Crippen molar-refractivity contribution < 1.29 is 18.7 Å². The summed E-state index contributed by atoms with van der Waals surface area (Å²) in [7, 11) is 1.52. The summed E-state index contributed by atoms with van der Waals surface area (Å²) in [6.07, 6.45) is 1.61. The zero-order valence-electron chi connectivity index (χ0n) is 18.2. The van der Waals surface area contributed by atoms with E-state index in [0.717, 1.165) is 5.56 Å². The lowest BCUT2D eigenvalue weighted by atomic mass is 10.0. The van der Waals surface area contributed by atoms with E-state index in [1.807, 2.05) is 0 Å². The van der Waals surface area contributed by atoms with Crippen LogP contribution < -0.4 is 10.2 Å². The van der Waals surface area contributed by atoms with Crippen molar-refractivity contribution in [1.82, 2.24) is 19.8 Å². The number of anilines is 1. The first-order chi connectivity index (χ1) is 16.5. The number of hydrazine groups is 1. The molecule has 9 heteroatoms. The number of nitrogens with zero attached hydrogens (tertiary/aromatic N) is 4. The predicted molar refractivity (Wildman–Crippen MR) is 124 cm³/mol. The minimum Gasteiger partial charge on any atom is -0.481 e. The Balaban J connectivity index is 1.57. The van der Waals surface area contributed by atoms with Gasteiger partial charge in [-0.05, 0) is 35.9 Å². The maximum Gasteiger partial charge on any atom is 0.313 e. The molecule has 5 rings (SSSR count). The highest BCUT2D eigenvalue weighted by molar-refractivity contribution is 6.42. The van der Waals surface area contributed by atoms with E-state index in [1.54, 1.807) is 65.5 Å². The van der Waals surface area contributed by atoms with E-state index in [1.165, 1.54) is 24.3 Å². The molecule has 2 aromatic heterocycles. The van der Waals surface area contributed by atoms with Crippen molar-refractivity contribution in [1.29, 1.82) is 0 Å². The van der Waals surface area contributed by atoms with Crippen LogP contribution in [0.15, 0.2) is 72.9 Å². The highest BCUT2D eigenvalue weighted by atomic mass is 19.1. The Bertz CT molecular complexity index is 1370. The molecule has 0 fully saturated rings. The quantitative estimate of drug-likeness (QED) is 0.362. The van der Waals surface area contributed by atoms with E-state index in [0.29, 0.717) is 40.6 Å². The second kappa shape index (κ2) is 8.78. The van der Waals surface area contributed by atoms with E-state index < -0.39 is 11.7 Å². The normalized spacial score (nSPS) is 12.6. The minimum absolute atomic E-state index is 0.244. The monoisotopic (exact) mass is 457 g/mol. The van der Waals surface area contributed by atoms with Crippen LogP contribution in [0.25, 0.3) is 22.4 Å². The van der Waals surface area contributed by atoms with Gasteiger partial charge in [0.25, 0.3) is 5.78 Å². The minimum atomic E-state index is -0.666. The molecule has 0 spiro atoms. The molecule has 0 atom stereocenters. The third kappa shape index (κ3) is 3.88. The number of amides is 1. The van der Waals surface area contributed by atoms with Crippen LogP contribution >= 0.6 is 0 Å². The van der Waals surface area contributed by atoms with Gasteiger partial charge in [-0.2, -0.15) is 5.10 Å². The van der Waals surface area contributed by atoms with Crippen molar-refractivity contribution in [3.8, 4) is 28.3 Å². The average Bonchev–Trinajstić information content (AvgIpc) is 3.27. The summed E-state index contributed by atoms with van der Waals surface area (Å²) in [5.41, 5.74) is 6.12. The number of Topliss-reactive ketones (excluding diaryl/α,β-unsaturated/α-hetero) is 1. The lowest BCUT2D eigenvalue weighted by molar-refractivity contribution is -0.125. The fraction of sp³-hybridized carbons (Fsp3) is 0.120. The number of nitrogens with one attached hydrogen (secondary N) is 1. The third-order valence-electron chi connectivity index (χ3n) is 5.55. The van der Waals surface area contributed by atoms with Crippen LogP contribution in [0.1, 0.15) is 10.4 Å². The zero-order valence-corrected chi connectivity index (χ0v) is 18.2. The van der Waals surface area contributed by atoms with Gasteiger partial charge in [-0.1, -0.05) is 30.3 Å². The molecule has 8 nitrogen and oxygen atoms in total. The van der Waals surface area contributed by atoms with Gasteiger partial charge >= 0.3 is 5.91 Å². The first kappa shape index (κ1) is 21.3. The molecule has 34 heavy (non-hydrogen) atoms. The highest BCUT2D eigenvalue weighted by Gasteiger charge is 2.31. The van der Waals surface area contributed by atoms with Crippen molar-refractivity contribution in [2.75, 3.05) is 19.1 Å². The van der Waals surface area contributed by atoms with Crippen LogP contribution in [-0.4, -0.2) is 45.1 Å². The SMILES string of the molecule is COc1cc(-c2c(-c3ccc(F)cc3)nn3c2NN(C(=O)C(=O)c2ccccc2)CC3)ccn1. The van der Waals surface area contributed by atoms with Gasteiger partial charge in [0.2, 0.25) is 5.88 Å². The molecule has 4 aromatic rings. The van der Waals surface area contributed by atoms with E-state index in [2.05, 4.69) is 10.4 Å². The van der Waals surface area contributed by atoms with Crippen LogP contribution in [0.4, 0.5) is 10.2 Å². The lowest BCUT2D eigenvalue weighted by Gasteiger charge is -2.29. The van der Waals surface area contributed by atoms with Gasteiger partial charge in [-0.25, -0.2) is 19.1 Å². The molecular weight excluding hydrogens is 437 g/mol. The number of hydrogen-bond donors (Lipinski definition) is 1. The molecule has 2 aromatic carbocycles. The Morgan fingerprint density at radius 3 is 2.50 bits per heavy atom. The van der Waals surface area contributed by atoms with E-state index >= 15 is 0 Å². The second-order valence-corrected chi connectivity index (χ2v) is 7.65. The van der Waals surface area contributed by atoms with Crippen molar-refractivity contribution in [3.63, 3.8) is 0 Å². The molecule has 0 radical (unpaired) electrons. The molecule has 0 bridgehead atoms. The van der Waals surface area contributed by atoms with Crippen molar-refractivity contribution in [3.05, 3.63) is 84.3 Å². The molecule has 1 amide bonds. The number of halogens is 1. The molecule has 1 aliphatic rings. The topological polar surface area (TPSA) is 89.4 Å². The number of aromatic nitrogens is 3. The van der Waals surface area contributed by atoms with Crippen LogP contribution in [0.5, 0.6) is 5.88 Å². The largest absolute Gasteiger partial charge is 0.481 e. The molecule has 1 N–H and O–H groups in total. The maximum absolute atomic E-state index is 13.6. The first-order valence-electron chi connectivity index (χ1n) is 10.6. The van der Waals surface area contributed by atoms with Gasteiger partial charge in [0.1, 0.15) is 11.5 Å². The molecule has 3 heterocycles. The molecule has 0 saturated carbocycles. The van der Waals surface area contributed by atoms with E-state index in [4.69, 9.17) is 9.84 Å². The van der Waals surface area contributed by atoms with Crippen molar-refractivity contribution in [2.24, 2.45) is 0 Å². The van der Waals surface area contributed by atoms with Crippen LogP contribution in [-0.2, 0) is 11.3 Å². The number of carbonyl (C=O) groups is 2. The second-order valence-electron chi connectivity index (χ2n) is 7.65. The Morgan fingerprint density at radius 2 is 1.76 bits per heavy atom. The molecule has 170 valence electrons. The molecule has 1 aliphatic heterocycles. The maximum atomic E-state index is 13.6. The van der Waals surface area contributed by atoms with Crippen LogP contribution in [0.2, 0.25) is 0 Å².